The molecule has 33 heavy (non-hydrogen) atoms. The third-order valence-corrected chi connectivity index (χ3v) is 5.86. The number of primary amides is 2. The molecule has 0 atom stereocenters. The van der Waals surface area contributed by atoms with Gasteiger partial charge in [-0.3, -0.25) is 9.59 Å². The molecule has 0 spiro atoms. The van der Waals surface area contributed by atoms with Crippen LogP contribution in [0.25, 0.3) is 43.1 Å². The summed E-state index contributed by atoms with van der Waals surface area (Å²) in [5, 5.41) is 23.5. The molecule has 0 unspecified atom stereocenters. The Morgan fingerprint density at radius 2 is 1.15 bits per heavy atom. The van der Waals surface area contributed by atoms with Crippen molar-refractivity contribution in [3.8, 4) is 0 Å². The fourth-order valence-corrected chi connectivity index (χ4v) is 4.77. The van der Waals surface area contributed by atoms with E-state index in [4.69, 9.17) is 11.5 Å². The van der Waals surface area contributed by atoms with Gasteiger partial charge in [0.1, 0.15) is 0 Å². The third-order valence-electron chi connectivity index (χ3n) is 5.86. The minimum atomic E-state index is -1.59. The van der Waals surface area contributed by atoms with Crippen LogP contribution in [0, 0.1) is 0 Å². The van der Waals surface area contributed by atoms with Crippen molar-refractivity contribution in [2.24, 2.45) is 11.5 Å². The smallest absolute Gasteiger partial charge is 0.337 e. The van der Waals surface area contributed by atoms with Crippen LogP contribution in [0.2, 0.25) is 0 Å². The number of benzene rings is 5. The van der Waals surface area contributed by atoms with Crippen molar-refractivity contribution in [2.45, 2.75) is 0 Å². The predicted octanol–water partition coefficient (Wildman–Crippen LogP) is 2.95. The van der Waals surface area contributed by atoms with Gasteiger partial charge in [-0.05, 0) is 38.4 Å². The van der Waals surface area contributed by atoms with E-state index in [1.165, 1.54) is 6.07 Å². The Morgan fingerprint density at radius 3 is 1.70 bits per heavy atom. The van der Waals surface area contributed by atoms with Crippen LogP contribution in [0.4, 0.5) is 0 Å². The zero-order valence-electron chi connectivity index (χ0n) is 17.3. The van der Waals surface area contributed by atoms with Crippen molar-refractivity contribution in [3.63, 3.8) is 0 Å². The monoisotopic (exact) mass is 449 g/mol. The number of carboxylic acids is 2. The van der Waals surface area contributed by atoms with Gasteiger partial charge in [0.05, 0.1) is 22.3 Å². The van der Waals surface area contributed by atoms with E-state index in [0.717, 1.165) is 16.2 Å². The maximum atomic E-state index is 12.6. The Kier molecular flexibility index (Phi) is 5.24. The fourth-order valence-electron chi connectivity index (χ4n) is 4.77. The van der Waals surface area contributed by atoms with E-state index in [1.54, 1.807) is 18.2 Å². The van der Waals surface area contributed by atoms with Gasteiger partial charge in [-0.1, -0.05) is 42.5 Å². The van der Waals surface area contributed by atoms with E-state index in [2.05, 4.69) is 0 Å². The average Bonchev–Trinajstić information content (AvgIpc) is 2.75. The number of carbonyl (C=O) groups is 4. The van der Waals surface area contributed by atoms with E-state index in [-0.39, 0.29) is 56.8 Å². The standard InChI is InChI=1S/C24H14N2O6.Na/c25-21(27)18-16-12-6-2-4-9-3-1-5-10(14(9)12)11-7-8-13(23(29)30)17(15(11)16)20(24(31)32)19(18)22(26)28;/h1-8H,(H2,25,27)(H2,26,28)(H,29,30)(H,31,32);. The second-order valence-electron chi connectivity index (χ2n) is 7.46. The Balaban J connectivity index is 0.00000259. The maximum absolute atomic E-state index is 12.6. The summed E-state index contributed by atoms with van der Waals surface area (Å²) in [6.45, 7) is 0. The Labute approximate surface area is 207 Å². The molecule has 0 saturated carbocycles. The summed E-state index contributed by atoms with van der Waals surface area (Å²) in [5.41, 5.74) is 9.24. The third kappa shape index (κ3) is 2.96. The van der Waals surface area contributed by atoms with Gasteiger partial charge in [-0.15, -0.1) is 0 Å². The summed E-state index contributed by atoms with van der Waals surface area (Å²) in [6, 6.07) is 13.7. The fraction of sp³-hybridized carbons (Fsp3) is 0. The Bertz CT molecular complexity index is 1690. The van der Waals surface area contributed by atoms with Crippen molar-refractivity contribution in [1.82, 2.24) is 0 Å². The Hall–Kier alpha value is -3.72. The van der Waals surface area contributed by atoms with Crippen molar-refractivity contribution in [2.75, 3.05) is 0 Å². The first kappa shape index (κ1) is 22.5. The second-order valence-corrected chi connectivity index (χ2v) is 7.46. The Morgan fingerprint density at radius 1 is 0.576 bits per heavy atom. The van der Waals surface area contributed by atoms with Gasteiger partial charge in [-0.25, -0.2) is 9.59 Å². The first-order valence-corrected chi connectivity index (χ1v) is 9.49. The van der Waals surface area contributed by atoms with Crippen LogP contribution < -0.4 is 11.5 Å². The molecule has 0 saturated heterocycles. The summed E-state index contributed by atoms with van der Waals surface area (Å²) in [6.07, 6.45) is 0. The van der Waals surface area contributed by atoms with Crippen LogP contribution in [-0.2, 0) is 0 Å². The molecule has 0 aliphatic heterocycles. The molecule has 6 N–H and O–H groups in total. The van der Waals surface area contributed by atoms with Gasteiger partial charge in [-0.2, -0.15) is 0 Å². The zero-order chi connectivity index (χ0) is 22.9. The van der Waals surface area contributed by atoms with E-state index >= 15 is 0 Å². The molecule has 2 amide bonds. The number of nitrogens with two attached hydrogens (primary N) is 2. The van der Waals surface area contributed by atoms with Crippen molar-refractivity contribution < 1.29 is 29.4 Å². The van der Waals surface area contributed by atoms with E-state index in [1.807, 2.05) is 24.3 Å². The molecule has 5 rings (SSSR count). The van der Waals surface area contributed by atoms with Gasteiger partial charge in [0.15, 0.2) is 0 Å². The van der Waals surface area contributed by atoms with Gasteiger partial charge >= 0.3 is 11.9 Å². The van der Waals surface area contributed by atoms with Gasteiger partial charge in [0.2, 0.25) is 11.8 Å². The van der Waals surface area contributed by atoms with Crippen molar-refractivity contribution in [3.05, 3.63) is 70.8 Å². The molecule has 0 fully saturated rings. The number of hydrogen-bond acceptors (Lipinski definition) is 4. The second kappa shape index (κ2) is 7.70. The van der Waals surface area contributed by atoms with E-state index in [0.29, 0.717) is 10.8 Å². The van der Waals surface area contributed by atoms with Crippen molar-refractivity contribution >= 4 is 96.4 Å². The molecular weight excluding hydrogens is 435 g/mol. The van der Waals surface area contributed by atoms with Crippen LogP contribution in [0.15, 0.2) is 48.5 Å². The molecule has 9 heteroatoms. The summed E-state index contributed by atoms with van der Waals surface area (Å²) in [7, 11) is 0. The normalized spacial score (nSPS) is 11.2. The predicted molar refractivity (Wildman–Crippen MR) is 124 cm³/mol. The molecule has 0 aromatic heterocycles. The molecule has 0 aliphatic rings. The number of rotatable bonds is 4. The molecule has 5 aromatic rings. The average molecular weight is 449 g/mol. The summed E-state index contributed by atoms with van der Waals surface area (Å²) >= 11 is 0. The SMILES string of the molecule is NC(=O)c1c(C(=O)O)c2c(C(=O)O)ccc3c4cccc5cccc(c(c1C(N)=O)c23)c54.[Na]. The van der Waals surface area contributed by atoms with Gasteiger partial charge in [0, 0.05) is 40.3 Å². The van der Waals surface area contributed by atoms with E-state index < -0.39 is 34.9 Å². The molecule has 5 aromatic carbocycles. The number of hydrogen-bond donors (Lipinski definition) is 4. The number of amides is 2. The molecule has 1 radical (unpaired) electrons. The van der Waals surface area contributed by atoms with Crippen LogP contribution in [-0.4, -0.2) is 63.5 Å². The number of carbonyl (C=O) groups excluding carboxylic acids is 2. The molecule has 157 valence electrons. The largest absolute Gasteiger partial charge is 0.478 e. The van der Waals surface area contributed by atoms with Crippen LogP contribution >= 0.6 is 0 Å². The number of carboxylic acid groups (broad SMARTS) is 2. The molecule has 0 heterocycles. The van der Waals surface area contributed by atoms with Crippen molar-refractivity contribution in [1.29, 1.82) is 0 Å². The van der Waals surface area contributed by atoms with Gasteiger partial charge in [0.25, 0.3) is 0 Å². The first-order chi connectivity index (χ1) is 15.2. The van der Waals surface area contributed by atoms with Crippen LogP contribution in [0.3, 0.4) is 0 Å². The zero-order valence-corrected chi connectivity index (χ0v) is 19.3. The first-order valence-electron chi connectivity index (χ1n) is 9.49. The molecule has 0 bridgehead atoms. The number of fused-ring (bicyclic) bond motifs is 2. The minimum Gasteiger partial charge on any atom is -0.478 e. The maximum Gasteiger partial charge on any atom is 0.337 e. The summed E-state index contributed by atoms with van der Waals surface area (Å²) in [4.78, 5) is 49.4. The molecule has 0 aliphatic carbocycles. The van der Waals surface area contributed by atoms with E-state index in [9.17, 15) is 29.4 Å². The summed E-state index contributed by atoms with van der Waals surface area (Å²) < 4.78 is 0. The van der Waals surface area contributed by atoms with Crippen LogP contribution in [0.1, 0.15) is 41.4 Å². The quantitative estimate of drug-likeness (QED) is 0.187. The topological polar surface area (TPSA) is 161 Å². The number of aromatic carboxylic acids is 2. The summed E-state index contributed by atoms with van der Waals surface area (Å²) in [5.74, 6) is -5.21. The molecular formula is C24H14N2NaO6. The van der Waals surface area contributed by atoms with Gasteiger partial charge < -0.3 is 21.7 Å². The minimum absolute atomic E-state index is 0. The molecule has 8 nitrogen and oxygen atoms in total. The van der Waals surface area contributed by atoms with Crippen LogP contribution in [0.5, 0.6) is 0 Å².